The lowest BCUT2D eigenvalue weighted by atomic mass is 10.2. The van der Waals surface area contributed by atoms with E-state index in [0.29, 0.717) is 22.2 Å². The van der Waals surface area contributed by atoms with Gasteiger partial charge in [0.1, 0.15) is 0 Å². The van der Waals surface area contributed by atoms with Gasteiger partial charge in [-0.1, -0.05) is 23.2 Å². The van der Waals surface area contributed by atoms with Crippen LogP contribution in [-0.4, -0.2) is 27.6 Å². The number of hydrogen-bond donors (Lipinski definition) is 0. The molecule has 0 radical (unpaired) electrons. The van der Waals surface area contributed by atoms with Crippen LogP contribution in [0, 0.1) is 0 Å². The summed E-state index contributed by atoms with van der Waals surface area (Å²) in [5, 5.41) is 5.06. The van der Waals surface area contributed by atoms with Gasteiger partial charge < -0.3 is 4.90 Å². The van der Waals surface area contributed by atoms with Crippen molar-refractivity contribution in [2.45, 2.75) is 20.0 Å². The Morgan fingerprint density at radius 1 is 1.35 bits per heavy atom. The summed E-state index contributed by atoms with van der Waals surface area (Å²) in [5.74, 6) is -0.143. The van der Waals surface area contributed by atoms with Crippen molar-refractivity contribution in [2.75, 3.05) is 7.05 Å². The second-order valence-corrected chi connectivity index (χ2v) is 5.27. The van der Waals surface area contributed by atoms with E-state index in [9.17, 15) is 4.79 Å². The van der Waals surface area contributed by atoms with Crippen LogP contribution in [0.15, 0.2) is 30.5 Å². The number of carbonyl (C=O) groups excluding carboxylic acids is 1. The minimum absolute atomic E-state index is 0.143. The van der Waals surface area contributed by atoms with Crippen LogP contribution in [-0.2, 0) is 13.1 Å². The summed E-state index contributed by atoms with van der Waals surface area (Å²) in [7, 11) is 1.74. The molecule has 0 unspecified atom stereocenters. The summed E-state index contributed by atoms with van der Waals surface area (Å²) < 4.78 is 1.85. The predicted octanol–water partition coefficient (Wildman–Crippen LogP) is 3.48. The maximum absolute atomic E-state index is 12.4. The van der Waals surface area contributed by atoms with Gasteiger partial charge in [0.2, 0.25) is 0 Å². The van der Waals surface area contributed by atoms with Gasteiger partial charge in [0.25, 0.3) is 5.91 Å². The lowest BCUT2D eigenvalue weighted by molar-refractivity contribution is 0.0781. The minimum atomic E-state index is -0.143. The van der Waals surface area contributed by atoms with Gasteiger partial charge in [0.15, 0.2) is 0 Å². The van der Waals surface area contributed by atoms with Crippen LogP contribution in [0.5, 0.6) is 0 Å². The lowest BCUT2D eigenvalue weighted by Gasteiger charge is -2.18. The molecule has 0 aliphatic heterocycles. The first kappa shape index (κ1) is 14.9. The molecule has 0 aliphatic carbocycles. The zero-order chi connectivity index (χ0) is 14.7. The topological polar surface area (TPSA) is 38.1 Å². The molecule has 0 fully saturated rings. The van der Waals surface area contributed by atoms with Gasteiger partial charge in [-0.25, -0.2) is 0 Å². The van der Waals surface area contributed by atoms with Gasteiger partial charge in [-0.3, -0.25) is 9.48 Å². The zero-order valence-electron chi connectivity index (χ0n) is 11.3. The van der Waals surface area contributed by atoms with Crippen molar-refractivity contribution in [3.05, 3.63) is 51.8 Å². The number of carbonyl (C=O) groups is 1. The highest BCUT2D eigenvalue weighted by molar-refractivity contribution is 6.36. The molecule has 0 atom stereocenters. The van der Waals surface area contributed by atoms with Gasteiger partial charge in [0.05, 0.1) is 22.8 Å². The molecule has 0 aliphatic rings. The van der Waals surface area contributed by atoms with Crippen LogP contribution in [0.1, 0.15) is 23.0 Å². The number of halogens is 2. The van der Waals surface area contributed by atoms with Crippen molar-refractivity contribution < 1.29 is 4.79 Å². The number of benzene rings is 1. The first-order chi connectivity index (χ1) is 9.52. The Morgan fingerprint density at radius 3 is 2.75 bits per heavy atom. The molecule has 1 aromatic heterocycles. The SMILES string of the molecule is CCn1nccc1CN(C)C(=O)c1ccc(Cl)cc1Cl. The normalized spacial score (nSPS) is 10.6. The Bertz CT molecular complexity index is 625. The molecule has 0 saturated carbocycles. The molecule has 6 heteroatoms. The molecule has 1 heterocycles. The Labute approximate surface area is 127 Å². The fourth-order valence-corrected chi connectivity index (χ4v) is 2.45. The second kappa shape index (κ2) is 6.29. The smallest absolute Gasteiger partial charge is 0.255 e. The van der Waals surface area contributed by atoms with Crippen molar-refractivity contribution in [3.8, 4) is 0 Å². The van der Waals surface area contributed by atoms with E-state index < -0.39 is 0 Å². The Hall–Kier alpha value is -1.52. The minimum Gasteiger partial charge on any atom is -0.336 e. The van der Waals surface area contributed by atoms with Gasteiger partial charge in [-0.2, -0.15) is 5.10 Å². The summed E-state index contributed by atoms with van der Waals surface area (Å²) in [6, 6.07) is 6.77. The van der Waals surface area contributed by atoms with Crippen molar-refractivity contribution in [3.63, 3.8) is 0 Å². The van der Waals surface area contributed by atoms with Crippen molar-refractivity contribution in [1.82, 2.24) is 14.7 Å². The maximum Gasteiger partial charge on any atom is 0.255 e. The fraction of sp³-hybridized carbons (Fsp3) is 0.286. The third kappa shape index (κ3) is 3.14. The summed E-state index contributed by atoms with van der Waals surface area (Å²) in [4.78, 5) is 14.0. The van der Waals surface area contributed by atoms with E-state index in [4.69, 9.17) is 23.2 Å². The van der Waals surface area contributed by atoms with Gasteiger partial charge >= 0.3 is 0 Å². The number of rotatable bonds is 4. The fourth-order valence-electron chi connectivity index (χ4n) is 1.96. The molecule has 2 rings (SSSR count). The summed E-state index contributed by atoms with van der Waals surface area (Å²) in [6.45, 7) is 3.26. The highest BCUT2D eigenvalue weighted by Gasteiger charge is 2.16. The Morgan fingerprint density at radius 2 is 2.10 bits per heavy atom. The molecule has 0 bridgehead atoms. The largest absolute Gasteiger partial charge is 0.336 e. The molecule has 2 aromatic rings. The van der Waals surface area contributed by atoms with Crippen LogP contribution in [0.2, 0.25) is 10.0 Å². The standard InChI is InChI=1S/C14H15Cl2N3O/c1-3-19-11(6-7-17-19)9-18(2)14(20)12-5-4-10(15)8-13(12)16/h4-8H,3,9H2,1-2H3. The van der Waals surface area contributed by atoms with E-state index in [1.54, 1.807) is 36.3 Å². The predicted molar refractivity (Wildman–Crippen MR) is 80.2 cm³/mol. The van der Waals surface area contributed by atoms with E-state index >= 15 is 0 Å². The molecule has 4 nitrogen and oxygen atoms in total. The van der Waals surface area contributed by atoms with E-state index in [0.717, 1.165) is 12.2 Å². The van der Waals surface area contributed by atoms with Crippen LogP contribution in [0.25, 0.3) is 0 Å². The van der Waals surface area contributed by atoms with Crippen LogP contribution in [0.4, 0.5) is 0 Å². The molecular formula is C14H15Cl2N3O. The number of nitrogens with zero attached hydrogens (tertiary/aromatic N) is 3. The Balaban J connectivity index is 2.16. The monoisotopic (exact) mass is 311 g/mol. The van der Waals surface area contributed by atoms with E-state index in [-0.39, 0.29) is 5.91 Å². The molecule has 0 N–H and O–H groups in total. The average Bonchev–Trinajstić information content (AvgIpc) is 2.85. The van der Waals surface area contributed by atoms with Gasteiger partial charge in [-0.05, 0) is 31.2 Å². The van der Waals surface area contributed by atoms with E-state index in [1.165, 1.54) is 0 Å². The molecule has 106 valence electrons. The third-order valence-electron chi connectivity index (χ3n) is 3.01. The molecule has 1 amide bonds. The number of aryl methyl sites for hydroxylation is 1. The molecule has 0 spiro atoms. The first-order valence-electron chi connectivity index (χ1n) is 6.24. The lowest BCUT2D eigenvalue weighted by Crippen LogP contribution is -2.27. The average molecular weight is 312 g/mol. The molecule has 0 saturated heterocycles. The number of hydrogen-bond acceptors (Lipinski definition) is 2. The van der Waals surface area contributed by atoms with Crippen molar-refractivity contribution >= 4 is 29.1 Å². The third-order valence-corrected chi connectivity index (χ3v) is 3.56. The van der Waals surface area contributed by atoms with Crippen LogP contribution >= 0.6 is 23.2 Å². The zero-order valence-corrected chi connectivity index (χ0v) is 12.8. The second-order valence-electron chi connectivity index (χ2n) is 4.42. The van der Waals surface area contributed by atoms with Crippen LogP contribution < -0.4 is 0 Å². The van der Waals surface area contributed by atoms with E-state index in [1.807, 2.05) is 17.7 Å². The molecule has 20 heavy (non-hydrogen) atoms. The first-order valence-corrected chi connectivity index (χ1v) is 6.99. The van der Waals surface area contributed by atoms with Gasteiger partial charge in [-0.15, -0.1) is 0 Å². The summed E-state index contributed by atoms with van der Waals surface area (Å²) >= 11 is 11.9. The van der Waals surface area contributed by atoms with E-state index in [2.05, 4.69) is 5.10 Å². The molecular weight excluding hydrogens is 297 g/mol. The quantitative estimate of drug-likeness (QED) is 0.867. The Kier molecular flexibility index (Phi) is 4.68. The molecule has 1 aromatic carbocycles. The summed E-state index contributed by atoms with van der Waals surface area (Å²) in [6.07, 6.45) is 1.73. The number of amides is 1. The highest BCUT2D eigenvalue weighted by Crippen LogP contribution is 2.22. The summed E-state index contributed by atoms with van der Waals surface area (Å²) in [5.41, 5.74) is 1.43. The van der Waals surface area contributed by atoms with Crippen LogP contribution in [0.3, 0.4) is 0 Å². The maximum atomic E-state index is 12.4. The number of aromatic nitrogens is 2. The highest BCUT2D eigenvalue weighted by atomic mass is 35.5. The van der Waals surface area contributed by atoms with Crippen molar-refractivity contribution in [1.29, 1.82) is 0 Å². The van der Waals surface area contributed by atoms with Gasteiger partial charge in [0, 0.05) is 24.8 Å². The van der Waals surface area contributed by atoms with Crippen molar-refractivity contribution in [2.24, 2.45) is 0 Å².